The zero-order valence-electron chi connectivity index (χ0n) is 9.87. The smallest absolute Gasteiger partial charge is 0.228 e. The number of nitrogens with zero attached hydrogens (tertiary/aromatic N) is 2. The Morgan fingerprint density at radius 2 is 2.28 bits per heavy atom. The largest absolute Gasteiger partial charge is 0.378 e. The Morgan fingerprint density at radius 3 is 2.78 bits per heavy atom. The molecule has 0 unspecified atom stereocenters. The molecular formula is C11H13Br2N3O2. The maximum Gasteiger partial charge on any atom is 0.228 e. The van der Waals surface area contributed by atoms with Crippen LogP contribution in [-0.2, 0) is 9.53 Å². The molecule has 1 aromatic heterocycles. The van der Waals surface area contributed by atoms with Gasteiger partial charge in [-0.15, -0.1) is 0 Å². The normalized spacial score (nSPS) is 17.1. The number of halogens is 2. The van der Waals surface area contributed by atoms with Crippen LogP contribution < -0.4 is 5.32 Å². The molecule has 98 valence electrons. The molecule has 0 bridgehead atoms. The monoisotopic (exact) mass is 377 g/mol. The molecule has 1 amide bonds. The predicted molar refractivity (Wildman–Crippen MR) is 74.3 cm³/mol. The van der Waals surface area contributed by atoms with E-state index in [0.717, 1.165) is 19.3 Å². The van der Waals surface area contributed by atoms with Crippen molar-refractivity contribution in [1.82, 2.24) is 9.97 Å². The molecule has 5 nitrogen and oxygen atoms in total. The van der Waals surface area contributed by atoms with E-state index in [1.165, 1.54) is 6.20 Å². The van der Waals surface area contributed by atoms with Crippen molar-refractivity contribution in [3.05, 3.63) is 15.4 Å². The summed E-state index contributed by atoms with van der Waals surface area (Å²) in [5, 5.41) is 2.74. The van der Waals surface area contributed by atoms with Gasteiger partial charge in [-0.2, -0.15) is 0 Å². The van der Waals surface area contributed by atoms with E-state index in [-0.39, 0.29) is 11.5 Å². The second-order valence-corrected chi connectivity index (χ2v) is 5.86. The minimum atomic E-state index is -0.278. The number of aromatic nitrogens is 2. The third kappa shape index (κ3) is 3.07. The van der Waals surface area contributed by atoms with Crippen LogP contribution in [0.2, 0.25) is 0 Å². The molecule has 7 heteroatoms. The maximum absolute atomic E-state index is 11.9. The first kappa shape index (κ1) is 13.9. The third-order valence-corrected chi connectivity index (χ3v) is 4.07. The standard InChI is InChI=1S/C11H13Br2N3O2/c1-18-11(3-2-4-11)5-8(17)16-10-9(13)15-7(12)6-14-10/h6H,2-5H2,1H3,(H,14,16,17). The van der Waals surface area contributed by atoms with Crippen molar-refractivity contribution >= 4 is 43.6 Å². The second kappa shape index (κ2) is 5.63. The summed E-state index contributed by atoms with van der Waals surface area (Å²) in [7, 11) is 1.65. The Morgan fingerprint density at radius 1 is 1.56 bits per heavy atom. The summed E-state index contributed by atoms with van der Waals surface area (Å²) in [4.78, 5) is 20.1. The van der Waals surface area contributed by atoms with E-state index in [1.807, 2.05) is 0 Å². The van der Waals surface area contributed by atoms with Crippen molar-refractivity contribution in [3.63, 3.8) is 0 Å². The molecule has 1 aliphatic carbocycles. The number of ether oxygens (including phenoxy) is 1. The van der Waals surface area contributed by atoms with E-state index in [0.29, 0.717) is 21.4 Å². The second-order valence-electron chi connectivity index (χ2n) is 4.30. The van der Waals surface area contributed by atoms with Gasteiger partial charge in [0.15, 0.2) is 5.82 Å². The average molecular weight is 379 g/mol. The van der Waals surface area contributed by atoms with Crippen LogP contribution >= 0.6 is 31.9 Å². The summed E-state index contributed by atoms with van der Waals surface area (Å²) in [5.41, 5.74) is -0.278. The molecular weight excluding hydrogens is 366 g/mol. The SMILES string of the molecule is COC1(CC(=O)Nc2ncc(Br)nc2Br)CCC1. The van der Waals surface area contributed by atoms with Gasteiger partial charge in [0.05, 0.1) is 18.2 Å². The fraction of sp³-hybridized carbons (Fsp3) is 0.545. The first-order valence-electron chi connectivity index (χ1n) is 5.58. The van der Waals surface area contributed by atoms with Gasteiger partial charge in [-0.1, -0.05) is 0 Å². The van der Waals surface area contributed by atoms with E-state index in [4.69, 9.17) is 4.74 Å². The van der Waals surface area contributed by atoms with Crippen molar-refractivity contribution in [2.75, 3.05) is 12.4 Å². The number of methoxy groups -OCH3 is 1. The Balaban J connectivity index is 1.98. The summed E-state index contributed by atoms with van der Waals surface area (Å²) in [6, 6.07) is 0. The number of rotatable bonds is 4. The van der Waals surface area contributed by atoms with Gasteiger partial charge in [0.25, 0.3) is 0 Å². The Kier molecular flexibility index (Phi) is 4.34. The van der Waals surface area contributed by atoms with Crippen LogP contribution in [0.5, 0.6) is 0 Å². The van der Waals surface area contributed by atoms with Gasteiger partial charge in [0, 0.05) is 7.11 Å². The fourth-order valence-electron chi connectivity index (χ4n) is 1.92. The summed E-state index contributed by atoms with van der Waals surface area (Å²) >= 11 is 6.46. The predicted octanol–water partition coefficient (Wildman–Crippen LogP) is 2.90. The highest BCUT2D eigenvalue weighted by Gasteiger charge is 2.39. The van der Waals surface area contributed by atoms with Crippen molar-refractivity contribution in [1.29, 1.82) is 0 Å². The van der Waals surface area contributed by atoms with E-state index in [9.17, 15) is 4.79 Å². The van der Waals surface area contributed by atoms with Crippen LogP contribution in [0.15, 0.2) is 15.4 Å². The highest BCUT2D eigenvalue weighted by Crippen LogP contribution is 2.38. The van der Waals surface area contributed by atoms with E-state index >= 15 is 0 Å². The van der Waals surface area contributed by atoms with Crippen LogP contribution in [0.25, 0.3) is 0 Å². The fourth-order valence-corrected chi connectivity index (χ4v) is 2.83. The first-order chi connectivity index (χ1) is 8.54. The number of hydrogen-bond acceptors (Lipinski definition) is 4. The van der Waals surface area contributed by atoms with Gasteiger partial charge in [-0.05, 0) is 51.1 Å². The van der Waals surface area contributed by atoms with Crippen LogP contribution in [0, 0.1) is 0 Å². The van der Waals surface area contributed by atoms with E-state index < -0.39 is 0 Å². The Labute approximate surface area is 122 Å². The molecule has 0 radical (unpaired) electrons. The van der Waals surface area contributed by atoms with Gasteiger partial charge in [0.1, 0.15) is 9.21 Å². The Hall–Kier alpha value is -0.530. The number of amides is 1. The summed E-state index contributed by atoms with van der Waals surface area (Å²) in [5.74, 6) is 0.322. The molecule has 0 saturated heterocycles. The molecule has 1 fully saturated rings. The molecule has 18 heavy (non-hydrogen) atoms. The van der Waals surface area contributed by atoms with Crippen LogP contribution in [-0.4, -0.2) is 28.6 Å². The van der Waals surface area contributed by atoms with Gasteiger partial charge >= 0.3 is 0 Å². The molecule has 1 saturated carbocycles. The van der Waals surface area contributed by atoms with E-state index in [2.05, 4.69) is 47.1 Å². The van der Waals surface area contributed by atoms with Crippen LogP contribution in [0.1, 0.15) is 25.7 Å². The number of carbonyl (C=O) groups excluding carboxylic acids is 1. The molecule has 1 N–H and O–H groups in total. The summed E-state index contributed by atoms with van der Waals surface area (Å²) in [6.45, 7) is 0. The zero-order chi connectivity index (χ0) is 13.2. The van der Waals surface area contributed by atoms with Crippen molar-refractivity contribution in [2.24, 2.45) is 0 Å². The highest BCUT2D eigenvalue weighted by molar-refractivity contribution is 9.11. The van der Waals surface area contributed by atoms with Gasteiger partial charge in [0.2, 0.25) is 5.91 Å². The van der Waals surface area contributed by atoms with Crippen molar-refractivity contribution in [3.8, 4) is 0 Å². The molecule has 2 rings (SSSR count). The van der Waals surface area contributed by atoms with Gasteiger partial charge in [-0.3, -0.25) is 4.79 Å². The minimum absolute atomic E-state index is 0.103. The molecule has 0 aliphatic heterocycles. The lowest BCUT2D eigenvalue weighted by Gasteiger charge is -2.39. The first-order valence-corrected chi connectivity index (χ1v) is 7.16. The molecule has 0 atom stereocenters. The average Bonchev–Trinajstić information content (AvgIpc) is 2.27. The zero-order valence-corrected chi connectivity index (χ0v) is 13.0. The number of carbonyl (C=O) groups is 1. The molecule has 1 aromatic rings. The topological polar surface area (TPSA) is 64.1 Å². The molecule has 1 aliphatic rings. The number of nitrogens with one attached hydrogen (secondary N) is 1. The third-order valence-electron chi connectivity index (χ3n) is 3.14. The Bertz CT molecular complexity index is 458. The van der Waals surface area contributed by atoms with E-state index in [1.54, 1.807) is 7.11 Å². The molecule has 0 spiro atoms. The lowest BCUT2D eigenvalue weighted by Crippen LogP contribution is -2.42. The highest BCUT2D eigenvalue weighted by atomic mass is 79.9. The molecule has 0 aromatic carbocycles. The lowest BCUT2D eigenvalue weighted by atomic mass is 9.77. The quantitative estimate of drug-likeness (QED) is 0.874. The maximum atomic E-state index is 11.9. The van der Waals surface area contributed by atoms with Gasteiger partial charge < -0.3 is 10.1 Å². The lowest BCUT2D eigenvalue weighted by molar-refractivity contribution is -0.129. The number of hydrogen-bond donors (Lipinski definition) is 1. The summed E-state index contributed by atoms with van der Waals surface area (Å²) in [6.07, 6.45) is 4.88. The van der Waals surface area contributed by atoms with Crippen LogP contribution in [0.3, 0.4) is 0 Å². The van der Waals surface area contributed by atoms with Crippen molar-refractivity contribution < 1.29 is 9.53 Å². The molecule has 1 heterocycles. The van der Waals surface area contributed by atoms with Crippen molar-refractivity contribution in [2.45, 2.75) is 31.3 Å². The summed E-state index contributed by atoms with van der Waals surface area (Å²) < 4.78 is 6.53. The number of anilines is 1. The van der Waals surface area contributed by atoms with Gasteiger partial charge in [-0.25, -0.2) is 9.97 Å². The minimum Gasteiger partial charge on any atom is -0.378 e. The van der Waals surface area contributed by atoms with Crippen LogP contribution in [0.4, 0.5) is 5.82 Å².